The molecule has 1 fully saturated rings. The molecule has 130 valence electrons. The van der Waals surface area contributed by atoms with Crippen LogP contribution in [0.25, 0.3) is 0 Å². The zero-order valence-electron chi connectivity index (χ0n) is 13.5. The highest BCUT2D eigenvalue weighted by Gasteiger charge is 2.21. The quantitative estimate of drug-likeness (QED) is 0.799. The Morgan fingerprint density at radius 2 is 1.64 bits per heavy atom. The van der Waals surface area contributed by atoms with Gasteiger partial charge in [-0.2, -0.15) is 0 Å². The molecule has 25 heavy (non-hydrogen) atoms. The molecule has 1 aliphatic rings. The Morgan fingerprint density at radius 3 is 2.32 bits per heavy atom. The molecule has 0 spiro atoms. The van der Waals surface area contributed by atoms with Crippen LogP contribution in [0.3, 0.4) is 0 Å². The molecule has 2 aromatic carbocycles. The van der Waals surface area contributed by atoms with E-state index in [1.807, 2.05) is 0 Å². The summed E-state index contributed by atoms with van der Waals surface area (Å²) >= 11 is 11.9. The van der Waals surface area contributed by atoms with Crippen molar-refractivity contribution in [3.63, 3.8) is 0 Å². The Labute approximate surface area is 156 Å². The number of nitrogens with one attached hydrogen (secondary N) is 2. The first kappa shape index (κ1) is 17.9. The lowest BCUT2D eigenvalue weighted by Gasteiger charge is -2.24. The first-order valence-corrected chi connectivity index (χ1v) is 8.92. The molecule has 0 saturated carbocycles. The van der Waals surface area contributed by atoms with Gasteiger partial charge < -0.3 is 10.6 Å². The Morgan fingerprint density at radius 1 is 0.960 bits per heavy atom. The zero-order chi connectivity index (χ0) is 17.8. The zero-order valence-corrected chi connectivity index (χ0v) is 15.0. The van der Waals surface area contributed by atoms with Crippen molar-refractivity contribution in [3.05, 3.63) is 69.2 Å². The number of piperidine rings is 1. The molecule has 2 aromatic rings. The molecule has 0 aromatic heterocycles. The van der Waals surface area contributed by atoms with Crippen molar-refractivity contribution in [2.24, 2.45) is 0 Å². The molecular weight excluding hydrogens is 359 g/mol. The third-order valence-corrected chi connectivity index (χ3v) is 5.01. The third-order valence-electron chi connectivity index (χ3n) is 4.27. The fourth-order valence-electron chi connectivity index (χ4n) is 2.90. The van der Waals surface area contributed by atoms with Gasteiger partial charge in [-0.05, 0) is 50.2 Å². The van der Waals surface area contributed by atoms with Crippen LogP contribution in [-0.2, 0) is 0 Å². The van der Waals surface area contributed by atoms with Gasteiger partial charge in [0.15, 0.2) is 5.78 Å². The summed E-state index contributed by atoms with van der Waals surface area (Å²) < 4.78 is 0. The number of benzene rings is 2. The molecule has 1 heterocycles. The first-order chi connectivity index (χ1) is 12.1. The van der Waals surface area contributed by atoms with E-state index in [0.29, 0.717) is 26.7 Å². The minimum atomic E-state index is -0.255. The van der Waals surface area contributed by atoms with E-state index in [2.05, 4.69) is 10.6 Å². The van der Waals surface area contributed by atoms with Crippen molar-refractivity contribution in [3.8, 4) is 0 Å². The van der Waals surface area contributed by atoms with E-state index in [1.54, 1.807) is 36.4 Å². The van der Waals surface area contributed by atoms with Crippen LogP contribution in [0, 0.1) is 0 Å². The predicted molar refractivity (Wildman–Crippen MR) is 99.7 cm³/mol. The molecule has 4 nitrogen and oxygen atoms in total. The highest BCUT2D eigenvalue weighted by molar-refractivity contribution is 6.42. The summed E-state index contributed by atoms with van der Waals surface area (Å²) in [6.45, 7) is 1.77. The van der Waals surface area contributed by atoms with Crippen LogP contribution in [0.5, 0.6) is 0 Å². The number of carbonyl (C=O) groups excluding carboxylic acids is 2. The fourth-order valence-corrected chi connectivity index (χ4v) is 3.20. The maximum absolute atomic E-state index is 12.8. The van der Waals surface area contributed by atoms with Crippen LogP contribution in [0.1, 0.15) is 39.1 Å². The molecular formula is C19H18Cl2N2O2. The van der Waals surface area contributed by atoms with Gasteiger partial charge in [0.05, 0.1) is 15.6 Å². The summed E-state index contributed by atoms with van der Waals surface area (Å²) in [7, 11) is 0. The van der Waals surface area contributed by atoms with Gasteiger partial charge in [-0.25, -0.2) is 0 Å². The number of hydrogen-bond acceptors (Lipinski definition) is 3. The van der Waals surface area contributed by atoms with Crippen LogP contribution in [0.4, 0.5) is 0 Å². The predicted octanol–water partition coefficient (Wildman–Crippen LogP) is 3.71. The van der Waals surface area contributed by atoms with Crippen molar-refractivity contribution < 1.29 is 9.59 Å². The maximum atomic E-state index is 12.8. The van der Waals surface area contributed by atoms with Crippen molar-refractivity contribution in [1.82, 2.24) is 10.6 Å². The molecule has 0 aliphatic carbocycles. The Bertz CT molecular complexity index is 802. The molecule has 6 heteroatoms. The van der Waals surface area contributed by atoms with Gasteiger partial charge in [0.25, 0.3) is 5.91 Å². The number of hydrogen-bond donors (Lipinski definition) is 2. The number of ketones is 1. The van der Waals surface area contributed by atoms with Gasteiger partial charge in [-0.15, -0.1) is 0 Å². The lowest BCUT2D eigenvalue weighted by atomic mass is 9.97. The summed E-state index contributed by atoms with van der Waals surface area (Å²) in [5.41, 5.74) is 1.13. The van der Waals surface area contributed by atoms with E-state index >= 15 is 0 Å². The van der Waals surface area contributed by atoms with Gasteiger partial charge in [0.2, 0.25) is 0 Å². The second kappa shape index (κ2) is 8.00. The highest BCUT2D eigenvalue weighted by atomic mass is 35.5. The van der Waals surface area contributed by atoms with Gasteiger partial charge in [-0.1, -0.05) is 41.4 Å². The number of rotatable bonds is 4. The Kier molecular flexibility index (Phi) is 5.74. The van der Waals surface area contributed by atoms with Crippen LogP contribution < -0.4 is 10.6 Å². The molecule has 0 bridgehead atoms. The summed E-state index contributed by atoms with van der Waals surface area (Å²) in [4.78, 5) is 25.5. The normalized spacial score (nSPS) is 15.0. The van der Waals surface area contributed by atoms with Crippen LogP contribution in [0.15, 0.2) is 42.5 Å². The molecule has 1 saturated heterocycles. The largest absolute Gasteiger partial charge is 0.349 e. The van der Waals surface area contributed by atoms with E-state index in [9.17, 15) is 9.59 Å². The van der Waals surface area contributed by atoms with Crippen molar-refractivity contribution in [2.45, 2.75) is 18.9 Å². The average Bonchev–Trinajstić information content (AvgIpc) is 2.64. The van der Waals surface area contributed by atoms with Crippen molar-refractivity contribution in [2.75, 3.05) is 13.1 Å². The fraction of sp³-hybridized carbons (Fsp3) is 0.263. The monoisotopic (exact) mass is 376 g/mol. The third kappa shape index (κ3) is 4.21. The van der Waals surface area contributed by atoms with E-state index in [1.165, 1.54) is 6.07 Å². The molecule has 0 radical (unpaired) electrons. The second-order valence-corrected chi connectivity index (χ2v) is 6.82. The summed E-state index contributed by atoms with van der Waals surface area (Å²) in [5.74, 6) is -0.481. The SMILES string of the molecule is O=C(NC1CCNCC1)c1ccccc1C(=O)c1ccc(Cl)c(Cl)c1. The molecule has 2 N–H and O–H groups in total. The Balaban J connectivity index is 1.85. The minimum absolute atomic E-state index is 0.127. The standard InChI is InChI=1S/C19H18Cl2N2O2/c20-16-6-5-12(11-17(16)21)18(24)14-3-1-2-4-15(14)19(25)23-13-7-9-22-10-8-13/h1-6,11,13,22H,7-10H2,(H,23,25). The lowest BCUT2D eigenvalue weighted by molar-refractivity contribution is 0.0920. The van der Waals surface area contributed by atoms with Gasteiger partial charge in [0, 0.05) is 17.2 Å². The summed E-state index contributed by atoms with van der Waals surface area (Å²) in [5, 5.41) is 6.98. The lowest BCUT2D eigenvalue weighted by Crippen LogP contribution is -2.43. The smallest absolute Gasteiger partial charge is 0.252 e. The van der Waals surface area contributed by atoms with Crippen molar-refractivity contribution >= 4 is 34.9 Å². The van der Waals surface area contributed by atoms with Crippen molar-refractivity contribution in [1.29, 1.82) is 0 Å². The maximum Gasteiger partial charge on any atom is 0.252 e. The average molecular weight is 377 g/mol. The van der Waals surface area contributed by atoms with Gasteiger partial charge >= 0.3 is 0 Å². The first-order valence-electron chi connectivity index (χ1n) is 8.16. The van der Waals surface area contributed by atoms with Crippen LogP contribution in [0.2, 0.25) is 10.0 Å². The summed E-state index contributed by atoms with van der Waals surface area (Å²) in [6, 6.07) is 11.7. The topological polar surface area (TPSA) is 58.2 Å². The molecule has 0 atom stereocenters. The van der Waals surface area contributed by atoms with E-state index in [4.69, 9.17) is 23.2 Å². The van der Waals surface area contributed by atoms with Gasteiger partial charge in [0.1, 0.15) is 0 Å². The summed E-state index contributed by atoms with van der Waals surface area (Å²) in [6.07, 6.45) is 1.77. The van der Waals surface area contributed by atoms with E-state index < -0.39 is 0 Å². The molecule has 1 aliphatic heterocycles. The van der Waals surface area contributed by atoms with Gasteiger partial charge in [-0.3, -0.25) is 9.59 Å². The second-order valence-electron chi connectivity index (χ2n) is 6.00. The molecule has 1 amide bonds. The van der Waals surface area contributed by atoms with Crippen LogP contribution in [-0.4, -0.2) is 30.8 Å². The number of halogens is 2. The molecule has 0 unspecified atom stereocenters. The number of carbonyl (C=O) groups is 2. The molecule has 3 rings (SSSR count). The van der Waals surface area contributed by atoms with E-state index in [0.717, 1.165) is 25.9 Å². The van der Waals surface area contributed by atoms with Crippen LogP contribution >= 0.6 is 23.2 Å². The van der Waals surface area contributed by atoms with E-state index in [-0.39, 0.29) is 17.7 Å². The highest BCUT2D eigenvalue weighted by Crippen LogP contribution is 2.24. The number of amides is 1. The minimum Gasteiger partial charge on any atom is -0.349 e. The Hall–Kier alpha value is -1.88.